The molecule has 0 bridgehead atoms. The molecule has 1 unspecified atom stereocenters. The Labute approximate surface area is 90.9 Å². The predicted octanol–water partition coefficient (Wildman–Crippen LogP) is 1.52. The van der Waals surface area contributed by atoms with Crippen molar-refractivity contribution in [1.29, 1.82) is 0 Å². The van der Waals surface area contributed by atoms with Gasteiger partial charge in [0.1, 0.15) is 0 Å². The van der Waals surface area contributed by atoms with E-state index in [1.807, 2.05) is 27.7 Å². The molecule has 0 aromatic rings. The monoisotopic (exact) mass is 216 g/mol. The molecule has 1 atom stereocenters. The van der Waals surface area contributed by atoms with Crippen molar-refractivity contribution in [2.75, 3.05) is 13.2 Å². The molecule has 1 rings (SSSR count). The highest BCUT2D eigenvalue weighted by molar-refractivity contribution is 5.79. The molecule has 4 heteroatoms. The molecule has 0 saturated carbocycles. The number of rotatable bonds is 2. The zero-order valence-electron chi connectivity index (χ0n) is 10.1. The van der Waals surface area contributed by atoms with Crippen LogP contribution in [0.5, 0.6) is 0 Å². The number of esters is 1. The molecular weight excluding hydrogens is 196 g/mol. The summed E-state index contributed by atoms with van der Waals surface area (Å²) in [5, 5.41) is 0. The van der Waals surface area contributed by atoms with Crippen LogP contribution >= 0.6 is 0 Å². The lowest BCUT2D eigenvalue weighted by Gasteiger charge is -2.40. The van der Waals surface area contributed by atoms with Crippen LogP contribution < -0.4 is 0 Å². The zero-order chi connectivity index (χ0) is 11.7. The molecule has 1 saturated heterocycles. The van der Waals surface area contributed by atoms with Gasteiger partial charge in [0.05, 0.1) is 24.9 Å². The lowest BCUT2D eigenvalue weighted by atomic mass is 10.0. The molecule has 1 aliphatic rings. The fourth-order valence-corrected chi connectivity index (χ4v) is 1.21. The van der Waals surface area contributed by atoms with E-state index in [-0.39, 0.29) is 24.3 Å². The molecule has 0 aromatic carbocycles. The number of carbonyl (C=O) groups excluding carboxylic acids is 1. The standard InChI is InChI=1S/C11H20O4/c1-8(2)15-9(12)11(5)7-13-10(3,4)6-14-11/h8H,6-7H2,1-5H3. The van der Waals surface area contributed by atoms with Crippen molar-refractivity contribution in [2.45, 2.75) is 51.9 Å². The molecule has 4 nitrogen and oxygen atoms in total. The molecule has 1 heterocycles. The Hall–Kier alpha value is -0.610. The summed E-state index contributed by atoms with van der Waals surface area (Å²) >= 11 is 0. The zero-order valence-corrected chi connectivity index (χ0v) is 10.1. The molecule has 0 aromatic heterocycles. The second kappa shape index (κ2) is 4.10. The van der Waals surface area contributed by atoms with Gasteiger partial charge in [-0.15, -0.1) is 0 Å². The second-order valence-corrected chi connectivity index (χ2v) is 5.02. The first-order chi connectivity index (χ1) is 6.75. The van der Waals surface area contributed by atoms with Gasteiger partial charge < -0.3 is 14.2 Å². The van der Waals surface area contributed by atoms with Crippen LogP contribution in [0.4, 0.5) is 0 Å². The molecular formula is C11H20O4. The maximum atomic E-state index is 11.7. The summed E-state index contributed by atoms with van der Waals surface area (Å²) < 4.78 is 16.2. The van der Waals surface area contributed by atoms with Crippen LogP contribution in [0.2, 0.25) is 0 Å². The smallest absolute Gasteiger partial charge is 0.340 e. The molecule has 0 amide bonds. The molecule has 1 aliphatic heterocycles. The molecule has 0 aliphatic carbocycles. The Balaban J connectivity index is 2.58. The van der Waals surface area contributed by atoms with Crippen LogP contribution in [0.3, 0.4) is 0 Å². The quantitative estimate of drug-likeness (QED) is 0.656. The van der Waals surface area contributed by atoms with E-state index in [1.165, 1.54) is 0 Å². The van der Waals surface area contributed by atoms with Crippen molar-refractivity contribution in [2.24, 2.45) is 0 Å². The van der Waals surface area contributed by atoms with Gasteiger partial charge in [-0.2, -0.15) is 0 Å². The van der Waals surface area contributed by atoms with Crippen LogP contribution in [-0.2, 0) is 19.0 Å². The average Bonchev–Trinajstić information content (AvgIpc) is 2.09. The van der Waals surface area contributed by atoms with Gasteiger partial charge in [-0.25, -0.2) is 4.79 Å². The van der Waals surface area contributed by atoms with E-state index in [4.69, 9.17) is 14.2 Å². The van der Waals surface area contributed by atoms with Crippen molar-refractivity contribution in [3.8, 4) is 0 Å². The number of hydrogen-bond donors (Lipinski definition) is 0. The SMILES string of the molecule is CC(C)OC(=O)C1(C)COC(C)(C)CO1. The highest BCUT2D eigenvalue weighted by Crippen LogP contribution is 2.26. The van der Waals surface area contributed by atoms with E-state index < -0.39 is 5.60 Å². The van der Waals surface area contributed by atoms with E-state index in [0.717, 1.165) is 0 Å². The van der Waals surface area contributed by atoms with E-state index in [9.17, 15) is 4.79 Å². The Morgan fingerprint density at radius 2 is 1.80 bits per heavy atom. The third kappa shape index (κ3) is 3.18. The fraction of sp³-hybridized carbons (Fsp3) is 0.909. The van der Waals surface area contributed by atoms with E-state index in [2.05, 4.69) is 0 Å². The number of ether oxygens (including phenoxy) is 3. The Kier molecular flexibility index (Phi) is 3.41. The van der Waals surface area contributed by atoms with E-state index >= 15 is 0 Å². The van der Waals surface area contributed by atoms with Crippen molar-refractivity contribution in [3.05, 3.63) is 0 Å². The Bertz CT molecular complexity index is 235. The maximum absolute atomic E-state index is 11.7. The maximum Gasteiger partial charge on any atom is 0.340 e. The van der Waals surface area contributed by atoms with Crippen LogP contribution in [-0.4, -0.2) is 36.5 Å². The lowest BCUT2D eigenvalue weighted by Crippen LogP contribution is -2.54. The van der Waals surface area contributed by atoms with Crippen molar-refractivity contribution in [3.63, 3.8) is 0 Å². The second-order valence-electron chi connectivity index (χ2n) is 5.02. The van der Waals surface area contributed by atoms with Crippen molar-refractivity contribution in [1.82, 2.24) is 0 Å². The van der Waals surface area contributed by atoms with E-state index in [0.29, 0.717) is 6.61 Å². The lowest BCUT2D eigenvalue weighted by molar-refractivity contribution is -0.231. The van der Waals surface area contributed by atoms with Crippen LogP contribution in [0.1, 0.15) is 34.6 Å². The molecule has 0 spiro atoms. The Morgan fingerprint density at radius 3 is 2.20 bits per heavy atom. The first-order valence-corrected chi connectivity index (χ1v) is 5.24. The van der Waals surface area contributed by atoms with Crippen LogP contribution in [0, 0.1) is 0 Å². The molecule has 88 valence electrons. The summed E-state index contributed by atoms with van der Waals surface area (Å²) in [5.41, 5.74) is -1.28. The summed E-state index contributed by atoms with van der Waals surface area (Å²) in [6.45, 7) is 9.83. The third-order valence-electron chi connectivity index (χ3n) is 2.25. The summed E-state index contributed by atoms with van der Waals surface area (Å²) in [6.07, 6.45) is -0.132. The van der Waals surface area contributed by atoms with Crippen molar-refractivity contribution < 1.29 is 19.0 Å². The average molecular weight is 216 g/mol. The van der Waals surface area contributed by atoms with Crippen LogP contribution in [0.25, 0.3) is 0 Å². The van der Waals surface area contributed by atoms with Gasteiger partial charge in [0, 0.05) is 0 Å². The minimum absolute atomic E-state index is 0.132. The fourth-order valence-electron chi connectivity index (χ4n) is 1.21. The largest absolute Gasteiger partial charge is 0.461 e. The summed E-state index contributed by atoms with van der Waals surface area (Å²) in [5.74, 6) is -0.354. The third-order valence-corrected chi connectivity index (χ3v) is 2.25. The molecule has 0 radical (unpaired) electrons. The minimum Gasteiger partial charge on any atom is -0.461 e. The first-order valence-electron chi connectivity index (χ1n) is 5.24. The van der Waals surface area contributed by atoms with Gasteiger partial charge in [-0.05, 0) is 34.6 Å². The Morgan fingerprint density at radius 1 is 1.20 bits per heavy atom. The minimum atomic E-state index is -0.959. The van der Waals surface area contributed by atoms with Gasteiger partial charge >= 0.3 is 5.97 Å². The van der Waals surface area contributed by atoms with Gasteiger partial charge in [0.25, 0.3) is 0 Å². The van der Waals surface area contributed by atoms with Gasteiger partial charge in [0.2, 0.25) is 0 Å². The highest BCUT2D eigenvalue weighted by Gasteiger charge is 2.43. The summed E-state index contributed by atoms with van der Waals surface area (Å²) in [4.78, 5) is 11.7. The number of hydrogen-bond acceptors (Lipinski definition) is 4. The summed E-state index contributed by atoms with van der Waals surface area (Å²) in [7, 11) is 0. The molecule has 15 heavy (non-hydrogen) atoms. The predicted molar refractivity (Wildman–Crippen MR) is 55.6 cm³/mol. The van der Waals surface area contributed by atoms with Gasteiger partial charge in [-0.3, -0.25) is 0 Å². The van der Waals surface area contributed by atoms with Crippen LogP contribution in [0.15, 0.2) is 0 Å². The molecule has 1 fully saturated rings. The summed E-state index contributed by atoms with van der Waals surface area (Å²) in [6, 6.07) is 0. The topological polar surface area (TPSA) is 44.8 Å². The molecule has 0 N–H and O–H groups in total. The van der Waals surface area contributed by atoms with E-state index in [1.54, 1.807) is 6.92 Å². The van der Waals surface area contributed by atoms with Gasteiger partial charge in [0.15, 0.2) is 5.60 Å². The van der Waals surface area contributed by atoms with Crippen molar-refractivity contribution >= 4 is 5.97 Å². The normalized spacial score (nSPS) is 30.3. The highest BCUT2D eigenvalue weighted by atomic mass is 16.6. The first kappa shape index (κ1) is 12.5. The van der Waals surface area contributed by atoms with Gasteiger partial charge in [-0.1, -0.05) is 0 Å². The number of carbonyl (C=O) groups is 1.